The van der Waals surface area contributed by atoms with Crippen LogP contribution in [0.1, 0.15) is 61.1 Å². The van der Waals surface area contributed by atoms with Gasteiger partial charge in [0.1, 0.15) is 12.4 Å². The van der Waals surface area contributed by atoms with Crippen LogP contribution in [0.3, 0.4) is 0 Å². The summed E-state index contributed by atoms with van der Waals surface area (Å²) >= 11 is 6.01. The summed E-state index contributed by atoms with van der Waals surface area (Å²) in [5.74, 6) is 0.527. The van der Waals surface area contributed by atoms with Gasteiger partial charge in [-0.15, -0.1) is 0 Å². The number of anilines is 2. The van der Waals surface area contributed by atoms with Gasteiger partial charge in [0, 0.05) is 37.3 Å². The van der Waals surface area contributed by atoms with Gasteiger partial charge in [-0.1, -0.05) is 11.6 Å². The molecule has 1 aromatic carbocycles. The SMILES string of the molecule is C[C@@]1(O)CCN(c2nc(OC[C@@]34CCCN3C/C(=C\F)C4)nc3c2CO[C@H](c2cc(N)cc(Cl)c2C(F)(F)F)C3)C1. The maximum atomic E-state index is 14.0. The number of ether oxygens (including phenoxy) is 2. The number of halogens is 5. The Bertz CT molecular complexity index is 1390. The van der Waals surface area contributed by atoms with Crippen molar-refractivity contribution in [1.29, 1.82) is 0 Å². The van der Waals surface area contributed by atoms with Gasteiger partial charge in [-0.3, -0.25) is 4.90 Å². The van der Waals surface area contributed by atoms with Crippen LogP contribution in [-0.2, 0) is 23.9 Å². The topological polar surface area (TPSA) is 97.0 Å². The number of nitrogens with two attached hydrogens (primary N) is 1. The van der Waals surface area contributed by atoms with Crippen molar-refractivity contribution in [1.82, 2.24) is 14.9 Å². The zero-order valence-electron chi connectivity index (χ0n) is 22.6. The summed E-state index contributed by atoms with van der Waals surface area (Å²) in [6, 6.07) is 2.41. The molecule has 8 nitrogen and oxygen atoms in total. The summed E-state index contributed by atoms with van der Waals surface area (Å²) in [5.41, 5.74) is 5.42. The van der Waals surface area contributed by atoms with E-state index in [0.717, 1.165) is 31.0 Å². The molecule has 3 fully saturated rings. The fourth-order valence-corrected chi connectivity index (χ4v) is 7.08. The molecule has 0 bridgehead atoms. The van der Waals surface area contributed by atoms with E-state index in [9.17, 15) is 22.7 Å². The number of hydrogen-bond acceptors (Lipinski definition) is 8. The van der Waals surface area contributed by atoms with Crippen LogP contribution in [-0.4, -0.2) is 63.9 Å². The number of nitrogen functional groups attached to an aromatic ring is 1. The lowest BCUT2D eigenvalue weighted by Crippen LogP contribution is -2.43. The maximum absolute atomic E-state index is 14.0. The molecule has 5 heterocycles. The zero-order chi connectivity index (χ0) is 29.2. The first-order valence-corrected chi connectivity index (χ1v) is 14.1. The predicted molar refractivity (Wildman–Crippen MR) is 144 cm³/mol. The highest BCUT2D eigenvalue weighted by molar-refractivity contribution is 6.31. The maximum Gasteiger partial charge on any atom is 0.418 e. The fourth-order valence-electron chi connectivity index (χ4n) is 6.74. The quantitative estimate of drug-likeness (QED) is 0.368. The first-order valence-electron chi connectivity index (χ1n) is 13.7. The van der Waals surface area contributed by atoms with E-state index in [1.165, 1.54) is 6.07 Å². The van der Waals surface area contributed by atoms with Crippen molar-refractivity contribution < 1.29 is 32.1 Å². The van der Waals surface area contributed by atoms with Gasteiger partial charge in [0.2, 0.25) is 0 Å². The Morgan fingerprint density at radius 1 is 1.27 bits per heavy atom. The van der Waals surface area contributed by atoms with Crippen LogP contribution in [0, 0.1) is 0 Å². The summed E-state index contributed by atoms with van der Waals surface area (Å²) in [5, 5.41) is 10.1. The third kappa shape index (κ3) is 5.35. The van der Waals surface area contributed by atoms with Crippen molar-refractivity contribution in [2.24, 2.45) is 0 Å². The van der Waals surface area contributed by atoms with Gasteiger partial charge in [-0.05, 0) is 62.4 Å². The minimum Gasteiger partial charge on any atom is -0.461 e. The first kappa shape index (κ1) is 28.4. The molecule has 13 heteroatoms. The van der Waals surface area contributed by atoms with Gasteiger partial charge < -0.3 is 25.2 Å². The smallest absolute Gasteiger partial charge is 0.418 e. The molecule has 3 saturated heterocycles. The fraction of sp³-hybridized carbons (Fsp3) is 0.571. The van der Waals surface area contributed by atoms with Gasteiger partial charge in [-0.25, -0.2) is 4.39 Å². The molecule has 0 spiro atoms. The minimum atomic E-state index is -4.71. The van der Waals surface area contributed by atoms with Crippen LogP contribution >= 0.6 is 11.6 Å². The molecule has 2 aromatic rings. The number of fused-ring (bicyclic) bond motifs is 2. The van der Waals surface area contributed by atoms with E-state index in [-0.39, 0.29) is 42.4 Å². The van der Waals surface area contributed by atoms with Crippen LogP contribution in [0.25, 0.3) is 0 Å². The molecule has 0 saturated carbocycles. The highest BCUT2D eigenvalue weighted by Crippen LogP contribution is 2.45. The van der Waals surface area contributed by atoms with Gasteiger partial charge in [0.15, 0.2) is 0 Å². The number of nitrogens with zero attached hydrogens (tertiary/aromatic N) is 4. The molecule has 3 atom stereocenters. The number of alkyl halides is 3. The molecule has 0 amide bonds. The van der Waals surface area contributed by atoms with Crippen LogP contribution in [0.15, 0.2) is 24.0 Å². The van der Waals surface area contributed by atoms with E-state index >= 15 is 0 Å². The lowest BCUT2D eigenvalue weighted by atomic mass is 9.94. The molecule has 41 heavy (non-hydrogen) atoms. The molecule has 3 N–H and O–H groups in total. The van der Waals surface area contributed by atoms with Crippen LogP contribution in [0.2, 0.25) is 5.02 Å². The molecule has 0 unspecified atom stereocenters. The molecule has 222 valence electrons. The normalized spacial score (nSPS) is 29.3. The van der Waals surface area contributed by atoms with Crippen LogP contribution in [0.4, 0.5) is 29.1 Å². The molecule has 4 aliphatic heterocycles. The van der Waals surface area contributed by atoms with Crippen molar-refractivity contribution in [3.05, 3.63) is 51.4 Å². The van der Waals surface area contributed by atoms with Crippen molar-refractivity contribution >= 4 is 23.1 Å². The number of hydrogen-bond donors (Lipinski definition) is 2. The Morgan fingerprint density at radius 2 is 2.07 bits per heavy atom. The predicted octanol–water partition coefficient (Wildman–Crippen LogP) is 4.98. The van der Waals surface area contributed by atoms with E-state index in [1.54, 1.807) is 6.92 Å². The average molecular weight is 598 g/mol. The third-order valence-electron chi connectivity index (χ3n) is 8.70. The first-order chi connectivity index (χ1) is 19.4. The standard InChI is InChI=1S/C28H32ClF4N5O3/c1-26(39)4-6-37(14-26)24-19-13-40-22(18-7-17(34)8-20(29)23(18)28(31,32)33)9-21(19)35-25(36-24)41-15-27-3-2-5-38(27)12-16(10-27)11-30/h7-8,11,22,39H,2-6,9-10,12-15,34H2,1H3/b16-11-/t22-,26+,27-/m0/s1. The molecule has 4 aliphatic rings. The average Bonchev–Trinajstić information content (AvgIpc) is 3.56. The van der Waals surface area contributed by atoms with Gasteiger partial charge >= 0.3 is 12.2 Å². The Labute approximate surface area is 240 Å². The molecule has 6 rings (SSSR count). The lowest BCUT2D eigenvalue weighted by molar-refractivity contribution is -0.139. The molecular formula is C28H32ClF4N5O3. The van der Waals surface area contributed by atoms with Crippen LogP contribution in [0.5, 0.6) is 6.01 Å². The van der Waals surface area contributed by atoms with Gasteiger partial charge in [-0.2, -0.15) is 23.1 Å². The van der Waals surface area contributed by atoms with E-state index in [1.807, 2.05) is 4.90 Å². The summed E-state index contributed by atoms with van der Waals surface area (Å²) in [6.45, 7) is 4.22. The Balaban J connectivity index is 1.35. The summed E-state index contributed by atoms with van der Waals surface area (Å²) in [4.78, 5) is 13.5. The number of aliphatic hydroxyl groups is 1. The zero-order valence-corrected chi connectivity index (χ0v) is 23.4. The molecule has 1 aromatic heterocycles. The highest BCUT2D eigenvalue weighted by atomic mass is 35.5. The number of aromatic nitrogens is 2. The molecule has 0 aliphatic carbocycles. The highest BCUT2D eigenvalue weighted by Gasteiger charge is 2.47. The second-order valence-electron chi connectivity index (χ2n) is 11.9. The summed E-state index contributed by atoms with van der Waals surface area (Å²) in [6.07, 6.45) is -2.12. The van der Waals surface area contributed by atoms with Crippen LogP contribution < -0.4 is 15.4 Å². The Kier molecular flexibility index (Phi) is 7.11. The Morgan fingerprint density at radius 3 is 2.78 bits per heavy atom. The largest absolute Gasteiger partial charge is 0.461 e. The van der Waals surface area contributed by atoms with Crippen molar-refractivity contribution in [3.63, 3.8) is 0 Å². The molecular weight excluding hydrogens is 566 g/mol. The minimum absolute atomic E-state index is 0.0142. The number of rotatable bonds is 5. The van der Waals surface area contributed by atoms with E-state index in [2.05, 4.69) is 9.88 Å². The van der Waals surface area contributed by atoms with Crippen molar-refractivity contribution in [3.8, 4) is 6.01 Å². The second kappa shape index (κ2) is 10.3. The lowest BCUT2D eigenvalue weighted by Gasteiger charge is -2.32. The van der Waals surface area contributed by atoms with Gasteiger partial charge in [0.05, 0.1) is 46.5 Å². The molecule has 0 radical (unpaired) electrons. The van der Waals surface area contributed by atoms with E-state index < -0.39 is 28.5 Å². The third-order valence-corrected chi connectivity index (χ3v) is 9.00. The van der Waals surface area contributed by atoms with E-state index in [4.69, 9.17) is 31.8 Å². The van der Waals surface area contributed by atoms with E-state index in [0.29, 0.717) is 55.9 Å². The number of β-amino-alcohol motifs (C(OH)–C–C–N with tert-alkyl or cyclic N) is 1. The second-order valence-corrected chi connectivity index (χ2v) is 12.3. The summed E-state index contributed by atoms with van der Waals surface area (Å²) < 4.78 is 67.6. The summed E-state index contributed by atoms with van der Waals surface area (Å²) in [7, 11) is 0. The van der Waals surface area contributed by atoms with Crippen molar-refractivity contribution in [2.75, 3.05) is 43.4 Å². The number of benzene rings is 1. The monoisotopic (exact) mass is 597 g/mol. The van der Waals surface area contributed by atoms with Crippen molar-refractivity contribution in [2.45, 2.75) is 69.1 Å². The van der Waals surface area contributed by atoms with Gasteiger partial charge in [0.25, 0.3) is 0 Å². The Hall–Kier alpha value is -2.67.